The molecule has 24 heavy (non-hydrogen) atoms. The molecule has 132 valence electrons. The van der Waals surface area contributed by atoms with Crippen LogP contribution >= 0.6 is 0 Å². The van der Waals surface area contributed by atoms with Crippen molar-refractivity contribution in [3.8, 4) is 0 Å². The van der Waals surface area contributed by atoms with Crippen LogP contribution in [0.1, 0.15) is 24.5 Å². The first kappa shape index (κ1) is 17.3. The maximum Gasteiger partial charge on any atom is 0.236 e. The molecule has 1 aromatic carbocycles. The van der Waals surface area contributed by atoms with Gasteiger partial charge in [-0.2, -0.15) is 0 Å². The number of ether oxygens (including phenoxy) is 1. The minimum absolute atomic E-state index is 0.158. The molecule has 0 spiro atoms. The van der Waals surface area contributed by atoms with Crippen molar-refractivity contribution in [2.75, 3.05) is 45.9 Å². The lowest BCUT2D eigenvalue weighted by molar-refractivity contribution is -0.136. The van der Waals surface area contributed by atoms with Gasteiger partial charge < -0.3 is 14.7 Å². The molecule has 0 aromatic heterocycles. The zero-order valence-corrected chi connectivity index (χ0v) is 13.9. The number of morpholine rings is 1. The van der Waals surface area contributed by atoms with E-state index in [1.165, 1.54) is 12.1 Å². The number of benzene rings is 1. The second-order valence-corrected chi connectivity index (χ2v) is 6.60. The van der Waals surface area contributed by atoms with Gasteiger partial charge in [-0.15, -0.1) is 0 Å². The maximum atomic E-state index is 13.0. The molecule has 2 fully saturated rings. The van der Waals surface area contributed by atoms with Crippen molar-refractivity contribution in [3.63, 3.8) is 0 Å². The predicted octanol–water partition coefficient (Wildman–Crippen LogP) is 1.43. The Morgan fingerprint density at radius 3 is 2.42 bits per heavy atom. The summed E-state index contributed by atoms with van der Waals surface area (Å²) < 4.78 is 18.3. The number of piperidine rings is 1. The van der Waals surface area contributed by atoms with Gasteiger partial charge in [0.05, 0.1) is 25.9 Å². The molecule has 5 nitrogen and oxygen atoms in total. The Morgan fingerprint density at radius 2 is 1.79 bits per heavy atom. The van der Waals surface area contributed by atoms with Crippen LogP contribution in [0, 0.1) is 11.7 Å². The molecule has 1 amide bonds. The van der Waals surface area contributed by atoms with Crippen LogP contribution in [0.5, 0.6) is 0 Å². The van der Waals surface area contributed by atoms with Crippen molar-refractivity contribution in [3.05, 3.63) is 35.6 Å². The van der Waals surface area contributed by atoms with E-state index in [-0.39, 0.29) is 17.6 Å². The number of hydrogen-bond acceptors (Lipinski definition) is 4. The first-order valence-corrected chi connectivity index (χ1v) is 8.65. The van der Waals surface area contributed by atoms with Gasteiger partial charge in [-0.05, 0) is 49.5 Å². The van der Waals surface area contributed by atoms with E-state index in [1.807, 2.05) is 4.90 Å². The Morgan fingerprint density at radius 1 is 1.17 bits per heavy atom. The fraction of sp³-hybridized carbons (Fsp3) is 0.611. The van der Waals surface area contributed by atoms with Gasteiger partial charge in [0.25, 0.3) is 0 Å². The van der Waals surface area contributed by atoms with Crippen LogP contribution in [0.2, 0.25) is 0 Å². The molecule has 1 atom stereocenters. The summed E-state index contributed by atoms with van der Waals surface area (Å²) in [7, 11) is 0. The Labute approximate surface area is 142 Å². The number of halogens is 1. The zero-order chi connectivity index (χ0) is 16.9. The molecule has 2 saturated heterocycles. The fourth-order valence-electron chi connectivity index (χ4n) is 3.46. The van der Waals surface area contributed by atoms with E-state index in [0.29, 0.717) is 32.8 Å². The van der Waals surface area contributed by atoms with E-state index in [1.54, 1.807) is 12.1 Å². The lowest BCUT2D eigenvalue weighted by Gasteiger charge is -2.35. The van der Waals surface area contributed by atoms with Crippen molar-refractivity contribution in [1.29, 1.82) is 0 Å². The molecule has 2 heterocycles. The third kappa shape index (κ3) is 4.32. The van der Waals surface area contributed by atoms with Crippen LogP contribution in [0.3, 0.4) is 0 Å². The number of likely N-dealkylation sites (tertiary alicyclic amines) is 1. The lowest BCUT2D eigenvalue weighted by atomic mass is 9.87. The van der Waals surface area contributed by atoms with Gasteiger partial charge in [0, 0.05) is 13.1 Å². The smallest absolute Gasteiger partial charge is 0.236 e. The van der Waals surface area contributed by atoms with Crippen LogP contribution in [0.15, 0.2) is 24.3 Å². The molecular formula is C18H25FN2O3. The van der Waals surface area contributed by atoms with Gasteiger partial charge >= 0.3 is 0 Å². The molecule has 0 saturated carbocycles. The van der Waals surface area contributed by atoms with Crippen molar-refractivity contribution < 1.29 is 19.0 Å². The number of aliphatic hydroxyl groups is 1. The average Bonchev–Trinajstić information content (AvgIpc) is 2.63. The van der Waals surface area contributed by atoms with Gasteiger partial charge in [0.2, 0.25) is 5.91 Å². The first-order valence-electron chi connectivity index (χ1n) is 8.65. The molecule has 3 rings (SSSR count). The van der Waals surface area contributed by atoms with Crippen LogP contribution in [-0.2, 0) is 9.53 Å². The minimum Gasteiger partial charge on any atom is -0.388 e. The molecule has 2 aliphatic rings. The Balaban J connectivity index is 1.46. The quantitative estimate of drug-likeness (QED) is 0.904. The summed E-state index contributed by atoms with van der Waals surface area (Å²) in [6.07, 6.45) is 1.12. The second kappa shape index (κ2) is 8.05. The molecule has 2 aliphatic heterocycles. The highest BCUT2D eigenvalue weighted by Crippen LogP contribution is 2.30. The summed E-state index contributed by atoms with van der Waals surface area (Å²) >= 11 is 0. The molecule has 1 unspecified atom stereocenters. The third-order valence-corrected chi connectivity index (χ3v) is 5.01. The van der Waals surface area contributed by atoms with E-state index < -0.39 is 6.10 Å². The van der Waals surface area contributed by atoms with E-state index >= 15 is 0 Å². The summed E-state index contributed by atoms with van der Waals surface area (Å²) in [6, 6.07) is 6.06. The molecule has 0 radical (unpaired) electrons. The monoisotopic (exact) mass is 336 g/mol. The highest BCUT2D eigenvalue weighted by molar-refractivity contribution is 5.78. The number of carbonyl (C=O) groups excluding carboxylic acids is 1. The first-order chi connectivity index (χ1) is 11.6. The van der Waals surface area contributed by atoms with Crippen LogP contribution in [0.25, 0.3) is 0 Å². The van der Waals surface area contributed by atoms with Gasteiger partial charge in [0.1, 0.15) is 5.82 Å². The lowest BCUT2D eigenvalue weighted by Crippen LogP contribution is -2.47. The second-order valence-electron chi connectivity index (χ2n) is 6.60. The van der Waals surface area contributed by atoms with Crippen molar-refractivity contribution in [2.45, 2.75) is 18.9 Å². The van der Waals surface area contributed by atoms with E-state index in [0.717, 1.165) is 31.5 Å². The molecule has 0 aliphatic carbocycles. The van der Waals surface area contributed by atoms with Gasteiger partial charge in [0.15, 0.2) is 0 Å². The minimum atomic E-state index is -0.567. The highest BCUT2D eigenvalue weighted by Gasteiger charge is 2.28. The zero-order valence-electron chi connectivity index (χ0n) is 13.9. The molecule has 6 heteroatoms. The average molecular weight is 336 g/mol. The third-order valence-electron chi connectivity index (χ3n) is 5.01. The number of amides is 1. The summed E-state index contributed by atoms with van der Waals surface area (Å²) in [6.45, 7) is 4.66. The normalized spacial score (nSPS) is 21.7. The SMILES string of the molecule is O=C(CN1CCC(C(O)c2ccc(F)cc2)CC1)N1CCOCC1. The Hall–Kier alpha value is -1.50. The summed E-state index contributed by atoms with van der Waals surface area (Å²) in [5, 5.41) is 10.5. The number of carbonyl (C=O) groups is 1. The maximum absolute atomic E-state index is 13.0. The van der Waals surface area contributed by atoms with Gasteiger partial charge in [-0.1, -0.05) is 12.1 Å². The van der Waals surface area contributed by atoms with Crippen molar-refractivity contribution in [2.24, 2.45) is 5.92 Å². The van der Waals surface area contributed by atoms with Gasteiger partial charge in [-0.3, -0.25) is 9.69 Å². The highest BCUT2D eigenvalue weighted by atomic mass is 19.1. The van der Waals surface area contributed by atoms with E-state index in [2.05, 4.69) is 4.90 Å². The number of hydrogen-bond donors (Lipinski definition) is 1. The molecule has 1 N–H and O–H groups in total. The number of rotatable bonds is 4. The van der Waals surface area contributed by atoms with Crippen LogP contribution in [-0.4, -0.2) is 66.8 Å². The number of nitrogens with zero attached hydrogens (tertiary/aromatic N) is 2. The molecule has 0 bridgehead atoms. The standard InChI is InChI=1S/C18H25FN2O3/c19-16-3-1-14(2-4-16)18(23)15-5-7-20(8-6-15)13-17(22)21-9-11-24-12-10-21/h1-4,15,18,23H,5-13H2. The van der Waals surface area contributed by atoms with Crippen molar-refractivity contribution in [1.82, 2.24) is 9.80 Å². The fourth-order valence-corrected chi connectivity index (χ4v) is 3.46. The Bertz CT molecular complexity index is 538. The van der Waals surface area contributed by atoms with Crippen molar-refractivity contribution >= 4 is 5.91 Å². The molecular weight excluding hydrogens is 311 g/mol. The number of aliphatic hydroxyl groups excluding tert-OH is 1. The van der Waals surface area contributed by atoms with E-state index in [9.17, 15) is 14.3 Å². The topological polar surface area (TPSA) is 53.0 Å². The van der Waals surface area contributed by atoms with E-state index in [4.69, 9.17) is 4.74 Å². The summed E-state index contributed by atoms with van der Waals surface area (Å²) in [4.78, 5) is 16.3. The predicted molar refractivity (Wildman–Crippen MR) is 87.9 cm³/mol. The van der Waals surface area contributed by atoms with Crippen LogP contribution < -0.4 is 0 Å². The Kier molecular flexibility index (Phi) is 5.81. The van der Waals surface area contributed by atoms with Gasteiger partial charge in [-0.25, -0.2) is 4.39 Å². The van der Waals surface area contributed by atoms with Crippen LogP contribution in [0.4, 0.5) is 4.39 Å². The largest absolute Gasteiger partial charge is 0.388 e. The summed E-state index contributed by atoms with van der Waals surface area (Å²) in [5.41, 5.74) is 0.763. The summed E-state index contributed by atoms with van der Waals surface area (Å²) in [5.74, 6) is 0.0310. The molecule has 1 aromatic rings.